The zero-order chi connectivity index (χ0) is 21.8. The van der Waals surface area contributed by atoms with Crippen LogP contribution in [0.1, 0.15) is 43.7 Å². The number of rotatable bonds is 5. The predicted octanol–water partition coefficient (Wildman–Crippen LogP) is 5.43. The molecule has 158 valence electrons. The van der Waals surface area contributed by atoms with Crippen LogP contribution in [0.15, 0.2) is 60.3 Å². The van der Waals surface area contributed by atoms with Crippen LogP contribution >= 0.6 is 0 Å². The molecule has 4 nitrogen and oxygen atoms in total. The molecule has 1 aliphatic carbocycles. The first kappa shape index (κ1) is 20.9. The molecule has 0 aliphatic heterocycles. The highest BCUT2D eigenvalue weighted by atomic mass is 19.1. The molecule has 0 unspecified atom stereocenters. The number of para-hydroxylation sites is 1. The maximum absolute atomic E-state index is 13.2. The number of aromatic nitrogens is 1. The lowest BCUT2D eigenvalue weighted by atomic mass is 9.86. The summed E-state index contributed by atoms with van der Waals surface area (Å²) < 4.78 is 15.3. The normalized spacial score (nSPS) is 19.2. The van der Waals surface area contributed by atoms with E-state index in [1.165, 1.54) is 18.6 Å². The fraction of sp³-hybridized carbons (Fsp3) is 0.308. The molecule has 0 bridgehead atoms. The first-order valence-corrected chi connectivity index (χ1v) is 10.8. The summed E-state index contributed by atoms with van der Waals surface area (Å²) in [7, 11) is 0. The van der Waals surface area contributed by atoms with E-state index >= 15 is 0 Å². The summed E-state index contributed by atoms with van der Waals surface area (Å²) in [6, 6.07) is 16.5. The SMILES string of the molecule is C[C@H]1CCCC[C@@H]1NC(=O)/C(C#N)=C/c1cn(Cc2ccc(F)cc2)c2ccccc12. The van der Waals surface area contributed by atoms with Gasteiger partial charge in [0.15, 0.2) is 0 Å². The van der Waals surface area contributed by atoms with Gasteiger partial charge in [0.2, 0.25) is 0 Å². The van der Waals surface area contributed by atoms with Crippen LogP contribution in [0.4, 0.5) is 4.39 Å². The second-order valence-corrected chi connectivity index (χ2v) is 8.37. The van der Waals surface area contributed by atoms with Gasteiger partial charge in [0.25, 0.3) is 5.91 Å². The first-order valence-electron chi connectivity index (χ1n) is 10.8. The summed E-state index contributed by atoms with van der Waals surface area (Å²) in [6.45, 7) is 2.73. The van der Waals surface area contributed by atoms with Gasteiger partial charge in [-0.25, -0.2) is 4.39 Å². The van der Waals surface area contributed by atoms with Crippen molar-refractivity contribution in [2.45, 2.75) is 45.2 Å². The number of halogens is 1. The van der Waals surface area contributed by atoms with Crippen LogP contribution in [0.5, 0.6) is 0 Å². The molecule has 0 spiro atoms. The summed E-state index contributed by atoms with van der Waals surface area (Å²) in [6.07, 6.45) is 7.99. The third-order valence-corrected chi connectivity index (χ3v) is 6.18. The molecule has 0 saturated heterocycles. The molecule has 0 radical (unpaired) electrons. The van der Waals surface area contributed by atoms with Gasteiger partial charge in [0, 0.05) is 35.2 Å². The zero-order valence-electron chi connectivity index (χ0n) is 17.6. The number of nitrogens with one attached hydrogen (secondary N) is 1. The highest BCUT2D eigenvalue weighted by Gasteiger charge is 2.24. The Labute approximate surface area is 182 Å². The second kappa shape index (κ2) is 9.18. The summed E-state index contributed by atoms with van der Waals surface area (Å²) >= 11 is 0. The maximum atomic E-state index is 13.2. The van der Waals surface area contributed by atoms with Crippen molar-refractivity contribution in [1.29, 1.82) is 5.26 Å². The van der Waals surface area contributed by atoms with Crippen molar-refractivity contribution in [3.05, 3.63) is 77.2 Å². The van der Waals surface area contributed by atoms with E-state index in [0.717, 1.165) is 41.3 Å². The van der Waals surface area contributed by atoms with E-state index in [-0.39, 0.29) is 23.3 Å². The number of carbonyl (C=O) groups excluding carboxylic acids is 1. The molecule has 2 aromatic carbocycles. The number of amides is 1. The quantitative estimate of drug-likeness (QED) is 0.446. The number of benzene rings is 2. The van der Waals surface area contributed by atoms with Crippen molar-refractivity contribution < 1.29 is 9.18 Å². The highest BCUT2D eigenvalue weighted by molar-refractivity contribution is 6.04. The minimum Gasteiger partial charge on any atom is -0.348 e. The van der Waals surface area contributed by atoms with Gasteiger partial charge in [-0.1, -0.05) is 50.1 Å². The van der Waals surface area contributed by atoms with E-state index in [1.54, 1.807) is 18.2 Å². The molecule has 5 heteroatoms. The van der Waals surface area contributed by atoms with Gasteiger partial charge in [-0.3, -0.25) is 4.79 Å². The largest absolute Gasteiger partial charge is 0.348 e. The average Bonchev–Trinajstić information content (AvgIpc) is 3.12. The topological polar surface area (TPSA) is 57.8 Å². The molecule has 1 fully saturated rings. The van der Waals surface area contributed by atoms with E-state index in [0.29, 0.717) is 12.5 Å². The van der Waals surface area contributed by atoms with Crippen molar-refractivity contribution in [2.24, 2.45) is 5.92 Å². The van der Waals surface area contributed by atoms with Gasteiger partial charge in [0.1, 0.15) is 17.5 Å². The molecule has 1 N–H and O–H groups in total. The molecule has 1 saturated carbocycles. The first-order chi connectivity index (χ1) is 15.0. The number of hydrogen-bond acceptors (Lipinski definition) is 2. The minimum atomic E-state index is -0.309. The number of nitriles is 1. The van der Waals surface area contributed by atoms with Gasteiger partial charge >= 0.3 is 0 Å². The van der Waals surface area contributed by atoms with Crippen molar-refractivity contribution in [2.75, 3.05) is 0 Å². The Morgan fingerprint density at radius 2 is 1.94 bits per heavy atom. The predicted molar refractivity (Wildman–Crippen MR) is 121 cm³/mol. The van der Waals surface area contributed by atoms with E-state index < -0.39 is 0 Å². The number of fused-ring (bicyclic) bond motifs is 1. The van der Waals surface area contributed by atoms with Crippen LogP contribution in [0.2, 0.25) is 0 Å². The van der Waals surface area contributed by atoms with Crippen LogP contribution in [0, 0.1) is 23.1 Å². The molecule has 31 heavy (non-hydrogen) atoms. The Morgan fingerprint density at radius 3 is 2.68 bits per heavy atom. The van der Waals surface area contributed by atoms with Crippen LogP contribution in [0.3, 0.4) is 0 Å². The molecule has 1 amide bonds. The second-order valence-electron chi connectivity index (χ2n) is 8.37. The van der Waals surface area contributed by atoms with Gasteiger partial charge in [0.05, 0.1) is 0 Å². The summed E-state index contributed by atoms with van der Waals surface area (Å²) in [4.78, 5) is 12.8. The lowest BCUT2D eigenvalue weighted by Gasteiger charge is -2.29. The monoisotopic (exact) mass is 415 g/mol. The fourth-order valence-corrected chi connectivity index (χ4v) is 4.39. The van der Waals surface area contributed by atoms with Crippen LogP contribution in [-0.4, -0.2) is 16.5 Å². The molecule has 3 aromatic rings. The van der Waals surface area contributed by atoms with Gasteiger partial charge < -0.3 is 9.88 Å². The number of carbonyl (C=O) groups is 1. The van der Waals surface area contributed by atoms with Crippen LogP contribution in [-0.2, 0) is 11.3 Å². The highest BCUT2D eigenvalue weighted by Crippen LogP contribution is 2.26. The summed E-state index contributed by atoms with van der Waals surface area (Å²) in [5, 5.41) is 13.7. The van der Waals surface area contributed by atoms with E-state index in [4.69, 9.17) is 0 Å². The minimum absolute atomic E-state index is 0.113. The van der Waals surface area contributed by atoms with Gasteiger partial charge in [-0.05, 0) is 48.6 Å². The Balaban J connectivity index is 1.63. The Kier molecular flexibility index (Phi) is 6.18. The van der Waals surface area contributed by atoms with E-state index in [9.17, 15) is 14.4 Å². The summed E-state index contributed by atoms with van der Waals surface area (Å²) in [5.41, 5.74) is 2.91. The Hall–Kier alpha value is -3.39. The van der Waals surface area contributed by atoms with E-state index in [1.807, 2.05) is 30.5 Å². The summed E-state index contributed by atoms with van der Waals surface area (Å²) in [5.74, 6) is -0.145. The molecule has 1 aromatic heterocycles. The molecule has 1 heterocycles. The standard InChI is InChI=1S/C26H26FN3O/c1-18-6-2-4-8-24(18)29-26(31)20(15-28)14-21-17-30(25-9-5-3-7-23(21)25)16-19-10-12-22(27)13-11-19/h3,5,7,9-14,17-18,24H,2,4,6,8,16H2,1H3,(H,29,31)/b20-14+/t18-,24-/m0/s1. The molecular formula is C26H26FN3O. The fourth-order valence-electron chi connectivity index (χ4n) is 4.39. The van der Waals surface area contributed by atoms with Crippen LogP contribution in [0.25, 0.3) is 17.0 Å². The molecule has 1 aliphatic rings. The van der Waals surface area contributed by atoms with Crippen molar-refractivity contribution in [3.8, 4) is 6.07 Å². The van der Waals surface area contributed by atoms with Crippen molar-refractivity contribution in [3.63, 3.8) is 0 Å². The number of hydrogen-bond donors (Lipinski definition) is 1. The molecule has 2 atom stereocenters. The third-order valence-electron chi connectivity index (χ3n) is 6.18. The third kappa shape index (κ3) is 4.69. The molecular weight excluding hydrogens is 389 g/mol. The van der Waals surface area contributed by atoms with E-state index in [2.05, 4.69) is 22.9 Å². The number of nitrogens with zero attached hydrogens (tertiary/aromatic N) is 2. The molecule has 4 rings (SSSR count). The lowest BCUT2D eigenvalue weighted by Crippen LogP contribution is -2.41. The Morgan fingerprint density at radius 1 is 1.19 bits per heavy atom. The van der Waals surface area contributed by atoms with Gasteiger partial charge in [-0.2, -0.15) is 5.26 Å². The van der Waals surface area contributed by atoms with Gasteiger partial charge in [-0.15, -0.1) is 0 Å². The average molecular weight is 416 g/mol. The van der Waals surface area contributed by atoms with Crippen molar-refractivity contribution >= 4 is 22.9 Å². The lowest BCUT2D eigenvalue weighted by molar-refractivity contribution is -0.118. The smallest absolute Gasteiger partial charge is 0.262 e. The van der Waals surface area contributed by atoms with Crippen molar-refractivity contribution in [1.82, 2.24) is 9.88 Å². The maximum Gasteiger partial charge on any atom is 0.262 e. The Bertz CT molecular complexity index is 1150. The zero-order valence-corrected chi connectivity index (χ0v) is 17.6. The van der Waals surface area contributed by atoms with Crippen LogP contribution < -0.4 is 5.32 Å².